The lowest BCUT2D eigenvalue weighted by molar-refractivity contribution is -0.115. The summed E-state index contributed by atoms with van der Waals surface area (Å²) in [6.45, 7) is 3.75. The van der Waals surface area contributed by atoms with Gasteiger partial charge in [0.15, 0.2) is 5.82 Å². The van der Waals surface area contributed by atoms with Gasteiger partial charge in [-0.15, -0.1) is 0 Å². The lowest BCUT2D eigenvalue weighted by Gasteiger charge is -2.11. The van der Waals surface area contributed by atoms with Gasteiger partial charge in [0.1, 0.15) is 6.33 Å². The van der Waals surface area contributed by atoms with E-state index < -0.39 is 5.76 Å². The minimum absolute atomic E-state index is 0.152. The number of aromatic amines is 1. The fourth-order valence-electron chi connectivity index (χ4n) is 3.01. The van der Waals surface area contributed by atoms with Gasteiger partial charge in [0.25, 0.3) is 5.78 Å². The zero-order valence-electron chi connectivity index (χ0n) is 15.3. The Hall–Kier alpha value is -3.82. The van der Waals surface area contributed by atoms with E-state index in [4.69, 9.17) is 0 Å². The Morgan fingerprint density at radius 2 is 2.04 bits per heavy atom. The molecule has 3 heterocycles. The molecule has 2 N–H and O–H groups in total. The lowest BCUT2D eigenvalue weighted by Crippen LogP contribution is -2.17. The molecule has 10 heteroatoms. The molecule has 1 amide bonds. The molecule has 0 unspecified atom stereocenters. The lowest BCUT2D eigenvalue weighted by atomic mass is 10.1. The molecule has 0 bridgehead atoms. The van der Waals surface area contributed by atoms with Crippen molar-refractivity contribution in [2.45, 2.75) is 26.7 Å². The molecule has 142 valence electrons. The molecule has 10 nitrogen and oxygen atoms in total. The Morgan fingerprint density at radius 1 is 1.25 bits per heavy atom. The highest BCUT2D eigenvalue weighted by atomic mass is 16.5. The van der Waals surface area contributed by atoms with Gasteiger partial charge in [0.05, 0.1) is 6.42 Å². The highest BCUT2D eigenvalue weighted by molar-refractivity contribution is 5.92. The van der Waals surface area contributed by atoms with Gasteiger partial charge in [0.2, 0.25) is 5.91 Å². The van der Waals surface area contributed by atoms with Crippen LogP contribution < -0.4 is 11.1 Å². The summed E-state index contributed by atoms with van der Waals surface area (Å²) < 4.78 is 6.10. The predicted octanol–water partition coefficient (Wildman–Crippen LogP) is 1.19. The topological polar surface area (TPSA) is 131 Å². The average Bonchev–Trinajstić information content (AvgIpc) is 3.29. The van der Waals surface area contributed by atoms with Crippen molar-refractivity contribution < 1.29 is 9.32 Å². The summed E-state index contributed by atoms with van der Waals surface area (Å²) in [5, 5.41) is 10.6. The second-order valence-corrected chi connectivity index (χ2v) is 6.37. The molecule has 0 radical (unpaired) electrons. The Morgan fingerprint density at radius 3 is 2.75 bits per heavy atom. The second-order valence-electron chi connectivity index (χ2n) is 6.37. The van der Waals surface area contributed by atoms with Crippen molar-refractivity contribution in [1.82, 2.24) is 29.7 Å². The monoisotopic (exact) mass is 379 g/mol. The van der Waals surface area contributed by atoms with E-state index in [0.717, 1.165) is 22.5 Å². The molecule has 0 aliphatic heterocycles. The third-order valence-corrected chi connectivity index (χ3v) is 4.42. The van der Waals surface area contributed by atoms with Crippen molar-refractivity contribution in [3.63, 3.8) is 0 Å². The van der Waals surface area contributed by atoms with E-state index >= 15 is 0 Å². The number of fused-ring (bicyclic) bond motifs is 1. The number of rotatable bonds is 5. The highest BCUT2D eigenvalue weighted by Crippen LogP contribution is 2.16. The fraction of sp³-hybridized carbons (Fsp3) is 0.222. The average molecular weight is 379 g/mol. The number of aryl methyl sites for hydroxylation is 2. The molecule has 0 saturated heterocycles. The van der Waals surface area contributed by atoms with Crippen molar-refractivity contribution in [3.05, 3.63) is 69.5 Å². The molecule has 28 heavy (non-hydrogen) atoms. The molecule has 0 atom stereocenters. The Kier molecular flexibility index (Phi) is 4.44. The second kappa shape index (κ2) is 7.06. The quantitative estimate of drug-likeness (QED) is 0.532. The number of hydrogen-bond donors (Lipinski definition) is 2. The summed E-state index contributed by atoms with van der Waals surface area (Å²) in [6.07, 6.45) is 2.05. The maximum atomic E-state index is 12.5. The van der Waals surface area contributed by atoms with Crippen molar-refractivity contribution >= 4 is 17.4 Å². The molecular formula is C18H17N7O3. The molecule has 0 aliphatic rings. The van der Waals surface area contributed by atoms with Crippen LogP contribution in [0, 0.1) is 13.8 Å². The zero-order chi connectivity index (χ0) is 19.7. The standard InChI is InChI=1S/C18H17N7O3/c1-10-14(11(2)25-17(21-10)19-9-20-25)8-16(26)22-13-5-3-12(4-6-13)7-15-23-18(27)28-24-15/h3-6,9H,7-8H2,1-2H3,(H,22,26)(H,23,24,27). The smallest absolute Gasteiger partial charge is 0.326 e. The Balaban J connectivity index is 1.44. The van der Waals surface area contributed by atoms with Crippen LogP contribution >= 0.6 is 0 Å². The summed E-state index contributed by atoms with van der Waals surface area (Å²) in [6, 6.07) is 7.29. The van der Waals surface area contributed by atoms with E-state index in [1.54, 1.807) is 16.6 Å². The number of benzene rings is 1. The van der Waals surface area contributed by atoms with E-state index in [0.29, 0.717) is 23.7 Å². The van der Waals surface area contributed by atoms with E-state index in [9.17, 15) is 9.59 Å². The SMILES string of the molecule is Cc1nc2ncnn2c(C)c1CC(=O)Nc1ccc(Cc2noc(=O)[nH]2)cc1. The van der Waals surface area contributed by atoms with E-state index in [1.807, 2.05) is 26.0 Å². The van der Waals surface area contributed by atoms with Crippen LogP contribution in [0.3, 0.4) is 0 Å². The molecular weight excluding hydrogens is 362 g/mol. The van der Waals surface area contributed by atoms with Crippen LogP contribution in [0.25, 0.3) is 5.78 Å². The van der Waals surface area contributed by atoms with Crippen LogP contribution in [-0.2, 0) is 17.6 Å². The van der Waals surface area contributed by atoms with Crippen LogP contribution in [0.15, 0.2) is 39.9 Å². The van der Waals surface area contributed by atoms with Gasteiger partial charge in [-0.25, -0.2) is 14.3 Å². The van der Waals surface area contributed by atoms with Crippen molar-refractivity contribution in [2.24, 2.45) is 0 Å². The minimum Gasteiger partial charge on any atom is -0.326 e. The summed E-state index contributed by atoms with van der Waals surface area (Å²) in [5.74, 6) is 0.232. The Bertz CT molecular complexity index is 1200. The van der Waals surface area contributed by atoms with Crippen molar-refractivity contribution in [1.29, 1.82) is 0 Å². The predicted molar refractivity (Wildman–Crippen MR) is 99.0 cm³/mol. The van der Waals surface area contributed by atoms with Crippen LogP contribution in [0.4, 0.5) is 5.69 Å². The molecule has 0 fully saturated rings. The molecule has 3 aromatic heterocycles. The van der Waals surface area contributed by atoms with Crippen molar-refractivity contribution in [3.8, 4) is 0 Å². The minimum atomic E-state index is -0.581. The third-order valence-electron chi connectivity index (χ3n) is 4.42. The number of nitrogens with one attached hydrogen (secondary N) is 2. The normalized spacial score (nSPS) is 11.1. The van der Waals surface area contributed by atoms with Gasteiger partial charge in [-0.1, -0.05) is 17.3 Å². The molecule has 4 aromatic rings. The van der Waals surface area contributed by atoms with Gasteiger partial charge < -0.3 is 5.32 Å². The van der Waals surface area contributed by atoms with Gasteiger partial charge in [-0.2, -0.15) is 10.1 Å². The van der Waals surface area contributed by atoms with Crippen molar-refractivity contribution in [2.75, 3.05) is 5.32 Å². The number of nitrogens with zero attached hydrogens (tertiary/aromatic N) is 5. The van der Waals surface area contributed by atoms with E-state index in [2.05, 4.69) is 35.0 Å². The van der Waals surface area contributed by atoms with Gasteiger partial charge in [-0.05, 0) is 31.5 Å². The number of carbonyl (C=O) groups excluding carboxylic acids is 1. The van der Waals surface area contributed by atoms with Gasteiger partial charge in [-0.3, -0.25) is 14.3 Å². The molecule has 0 saturated carbocycles. The first-order valence-corrected chi connectivity index (χ1v) is 8.59. The number of carbonyl (C=O) groups is 1. The maximum Gasteiger partial charge on any atom is 0.438 e. The number of aromatic nitrogens is 6. The highest BCUT2D eigenvalue weighted by Gasteiger charge is 2.14. The summed E-state index contributed by atoms with van der Waals surface area (Å²) in [4.78, 5) is 34.4. The van der Waals surface area contributed by atoms with Crippen LogP contribution in [-0.4, -0.2) is 35.6 Å². The summed E-state index contributed by atoms with van der Waals surface area (Å²) in [5.41, 5.74) is 4.02. The molecule has 4 rings (SSSR count). The summed E-state index contributed by atoms with van der Waals surface area (Å²) >= 11 is 0. The van der Waals surface area contributed by atoms with Crippen LogP contribution in [0.1, 0.15) is 28.3 Å². The van der Waals surface area contributed by atoms with Crippen LogP contribution in [0.2, 0.25) is 0 Å². The molecule has 1 aromatic carbocycles. The first-order chi connectivity index (χ1) is 13.5. The van der Waals surface area contributed by atoms with E-state index in [-0.39, 0.29) is 12.3 Å². The third kappa shape index (κ3) is 3.52. The molecule has 0 spiro atoms. The fourth-order valence-corrected chi connectivity index (χ4v) is 3.01. The summed E-state index contributed by atoms with van der Waals surface area (Å²) in [7, 11) is 0. The Labute approximate surface area is 158 Å². The number of hydrogen-bond acceptors (Lipinski definition) is 7. The number of H-pyrrole nitrogens is 1. The number of anilines is 1. The first kappa shape index (κ1) is 17.6. The first-order valence-electron chi connectivity index (χ1n) is 8.59. The maximum absolute atomic E-state index is 12.5. The molecule has 0 aliphatic carbocycles. The van der Waals surface area contributed by atoms with Gasteiger partial charge in [0, 0.05) is 29.1 Å². The van der Waals surface area contributed by atoms with Gasteiger partial charge >= 0.3 is 5.76 Å². The number of amides is 1. The zero-order valence-corrected chi connectivity index (χ0v) is 15.3. The van der Waals surface area contributed by atoms with E-state index in [1.165, 1.54) is 6.33 Å². The van der Waals surface area contributed by atoms with Crippen LogP contribution in [0.5, 0.6) is 0 Å². The largest absolute Gasteiger partial charge is 0.438 e.